The Morgan fingerprint density at radius 3 is 1.78 bits per heavy atom. The fraction of sp³-hybridized carbons (Fsp3) is 0.194. The Labute approximate surface area is 242 Å². The molecule has 0 aliphatic carbocycles. The number of esters is 1. The quantitative estimate of drug-likeness (QED) is 0.187. The van der Waals surface area contributed by atoms with Crippen LogP contribution in [-0.4, -0.2) is 35.4 Å². The van der Waals surface area contributed by atoms with Gasteiger partial charge in [-0.2, -0.15) is 0 Å². The third-order valence-electron chi connectivity index (χ3n) is 8.45. The van der Waals surface area contributed by atoms with Crippen LogP contribution in [0, 0.1) is 5.92 Å². The van der Waals surface area contributed by atoms with Crippen LogP contribution in [-0.2, 0) is 16.1 Å². The number of phenolic OH excluding ortho intramolecular Hbond substituents is 1. The van der Waals surface area contributed by atoms with Crippen molar-refractivity contribution in [2.24, 2.45) is 5.92 Å². The first-order valence-corrected chi connectivity index (χ1v) is 16.6. The third kappa shape index (κ3) is 5.91. The van der Waals surface area contributed by atoms with Crippen molar-refractivity contribution in [1.29, 1.82) is 0 Å². The zero-order valence-corrected chi connectivity index (χ0v) is 24.2. The van der Waals surface area contributed by atoms with E-state index in [1.165, 1.54) is 21.5 Å². The maximum absolute atomic E-state index is 13.5. The van der Waals surface area contributed by atoms with E-state index in [2.05, 4.69) is 95.9 Å². The van der Waals surface area contributed by atoms with Crippen molar-refractivity contribution < 1.29 is 14.6 Å². The SMILES string of the molecule is O=C(OC[PH](c1ccccc1)(c1ccccc1)c1ccccc1)C1CCN(Cc2ccc3cc(O)ccc3c2)CC1. The Bertz CT molecular complexity index is 1500. The van der Waals surface area contributed by atoms with Gasteiger partial charge in [-0.05, 0) is 12.1 Å². The Morgan fingerprint density at radius 2 is 1.22 bits per heavy atom. The van der Waals surface area contributed by atoms with Crippen molar-refractivity contribution in [3.05, 3.63) is 133 Å². The molecule has 1 aliphatic rings. The molecule has 1 aliphatic heterocycles. The first-order chi connectivity index (χ1) is 20.1. The zero-order chi connectivity index (χ0) is 28.1. The molecule has 0 radical (unpaired) electrons. The Morgan fingerprint density at radius 1 is 0.707 bits per heavy atom. The van der Waals surface area contributed by atoms with E-state index >= 15 is 0 Å². The van der Waals surface area contributed by atoms with Gasteiger partial charge in [-0.1, -0.05) is 0 Å². The summed E-state index contributed by atoms with van der Waals surface area (Å²) in [4.78, 5) is 16.0. The van der Waals surface area contributed by atoms with Gasteiger partial charge < -0.3 is 5.11 Å². The summed E-state index contributed by atoms with van der Waals surface area (Å²) in [5, 5.41) is 15.6. The van der Waals surface area contributed by atoms with Crippen molar-refractivity contribution in [1.82, 2.24) is 4.90 Å². The number of hydrogen-bond donors (Lipinski definition) is 1. The molecule has 4 nitrogen and oxygen atoms in total. The van der Waals surface area contributed by atoms with Gasteiger partial charge in [-0.25, -0.2) is 0 Å². The van der Waals surface area contributed by atoms with Crippen molar-refractivity contribution in [2.45, 2.75) is 19.4 Å². The summed E-state index contributed by atoms with van der Waals surface area (Å²) in [6.07, 6.45) is 1.99. The van der Waals surface area contributed by atoms with Gasteiger partial charge in [0, 0.05) is 0 Å². The number of carbonyl (C=O) groups excluding carboxylic acids is 1. The second-order valence-electron chi connectivity index (χ2n) is 11.0. The van der Waals surface area contributed by atoms with Crippen molar-refractivity contribution in [3.63, 3.8) is 0 Å². The Kier molecular flexibility index (Phi) is 8.14. The van der Waals surface area contributed by atoms with Gasteiger partial charge >= 0.3 is 220 Å². The minimum absolute atomic E-state index is 0.0742. The van der Waals surface area contributed by atoms with Crippen molar-refractivity contribution in [3.8, 4) is 5.75 Å². The number of nitrogens with zero attached hydrogens (tertiary/aromatic N) is 1. The summed E-state index contributed by atoms with van der Waals surface area (Å²) in [7, 11) is -2.61. The van der Waals surface area contributed by atoms with Crippen LogP contribution < -0.4 is 15.9 Å². The second kappa shape index (κ2) is 12.3. The number of aromatic hydroxyl groups is 1. The van der Waals surface area contributed by atoms with E-state index in [1.54, 1.807) is 12.1 Å². The van der Waals surface area contributed by atoms with Crippen LogP contribution in [0.5, 0.6) is 5.75 Å². The Hall–Kier alpha value is -3.98. The van der Waals surface area contributed by atoms with E-state index in [-0.39, 0.29) is 17.6 Å². The molecule has 1 N–H and O–H groups in total. The summed E-state index contributed by atoms with van der Waals surface area (Å²) in [6, 6.07) is 43.6. The predicted molar refractivity (Wildman–Crippen MR) is 171 cm³/mol. The minimum atomic E-state index is -2.61. The molecule has 0 saturated carbocycles. The zero-order valence-electron chi connectivity index (χ0n) is 23.2. The molecule has 0 amide bonds. The molecule has 6 rings (SSSR count). The molecule has 41 heavy (non-hydrogen) atoms. The number of likely N-dealkylation sites (tertiary alicyclic amines) is 1. The van der Waals surface area contributed by atoms with Gasteiger partial charge in [0.2, 0.25) is 0 Å². The molecule has 0 aromatic heterocycles. The summed E-state index contributed by atoms with van der Waals surface area (Å²) < 4.78 is 6.31. The molecule has 208 valence electrons. The van der Waals surface area contributed by atoms with Crippen LogP contribution in [0.25, 0.3) is 10.8 Å². The number of fused-ring (bicyclic) bond motifs is 1. The van der Waals surface area contributed by atoms with E-state index in [0.29, 0.717) is 6.35 Å². The van der Waals surface area contributed by atoms with Crippen LogP contribution in [0.15, 0.2) is 127 Å². The summed E-state index contributed by atoms with van der Waals surface area (Å²) in [5.74, 6) is 0.130. The number of rotatable bonds is 8. The number of benzene rings is 5. The topological polar surface area (TPSA) is 49.8 Å². The molecule has 0 unspecified atom stereocenters. The maximum atomic E-state index is 13.5. The average molecular weight is 562 g/mol. The van der Waals surface area contributed by atoms with Crippen molar-refractivity contribution >= 4 is 39.9 Å². The standard InChI is InChI=1S/C36H36NO3P/c38-32-19-18-30-24-28(16-17-31(30)25-32)26-37-22-20-29(21-23-37)36(39)40-27-41(33-10-4-1-5-11-33,34-12-6-2-7-13-34)35-14-8-3-9-15-35/h1-19,24-25,29,38,41H,20-23,26-27H2. The molecule has 5 aromatic rings. The van der Waals surface area contributed by atoms with Gasteiger partial charge in [-0.15, -0.1) is 0 Å². The molecule has 5 aromatic carbocycles. The first-order valence-electron chi connectivity index (χ1n) is 14.4. The van der Waals surface area contributed by atoms with E-state index in [0.717, 1.165) is 43.2 Å². The van der Waals surface area contributed by atoms with E-state index in [4.69, 9.17) is 4.74 Å². The van der Waals surface area contributed by atoms with E-state index in [1.807, 2.05) is 24.3 Å². The number of ether oxygens (including phenoxy) is 1. The van der Waals surface area contributed by atoms with Gasteiger partial charge in [0.25, 0.3) is 0 Å². The van der Waals surface area contributed by atoms with E-state index in [9.17, 15) is 9.90 Å². The van der Waals surface area contributed by atoms with Crippen LogP contribution in [0.1, 0.15) is 18.4 Å². The molecule has 5 heteroatoms. The fourth-order valence-electron chi connectivity index (χ4n) is 6.18. The van der Waals surface area contributed by atoms with Gasteiger partial charge in [0.1, 0.15) is 5.75 Å². The molecule has 0 bridgehead atoms. The molecular weight excluding hydrogens is 525 g/mol. The summed E-state index contributed by atoms with van der Waals surface area (Å²) in [6.45, 7) is 2.59. The average Bonchev–Trinajstić information content (AvgIpc) is 3.03. The molecular formula is C36H36NO3P. The monoisotopic (exact) mass is 561 g/mol. The van der Waals surface area contributed by atoms with E-state index < -0.39 is 7.26 Å². The van der Waals surface area contributed by atoms with Crippen LogP contribution in [0.2, 0.25) is 0 Å². The molecule has 0 spiro atoms. The summed E-state index contributed by atoms with van der Waals surface area (Å²) in [5.41, 5.74) is 1.24. The number of phenols is 1. The normalized spacial score (nSPS) is 15.0. The van der Waals surface area contributed by atoms with Crippen molar-refractivity contribution in [2.75, 3.05) is 19.4 Å². The number of carbonyl (C=O) groups is 1. The molecule has 1 saturated heterocycles. The Balaban J connectivity index is 1.16. The predicted octanol–water partition coefficient (Wildman–Crippen LogP) is 5.98. The van der Waals surface area contributed by atoms with Gasteiger partial charge in [-0.3, -0.25) is 0 Å². The fourth-order valence-corrected chi connectivity index (χ4v) is 10.3. The third-order valence-corrected chi connectivity index (χ3v) is 13.0. The number of piperidine rings is 1. The molecule has 1 fully saturated rings. The first kappa shape index (κ1) is 27.2. The van der Waals surface area contributed by atoms with Gasteiger partial charge in [0.15, 0.2) is 0 Å². The second-order valence-corrected chi connectivity index (χ2v) is 14.9. The molecule has 1 heterocycles. The summed E-state index contributed by atoms with van der Waals surface area (Å²) >= 11 is 0. The molecule has 0 atom stereocenters. The van der Waals surface area contributed by atoms with Crippen LogP contribution in [0.4, 0.5) is 0 Å². The van der Waals surface area contributed by atoms with Gasteiger partial charge in [0.05, 0.1) is 0 Å². The number of hydrogen-bond acceptors (Lipinski definition) is 4. The van der Waals surface area contributed by atoms with Crippen LogP contribution >= 0.6 is 7.26 Å². The van der Waals surface area contributed by atoms with Crippen LogP contribution in [0.3, 0.4) is 0 Å².